The molecule has 0 N–H and O–H groups in total. The minimum atomic E-state index is -1.14. The molecule has 0 aromatic heterocycles. The maximum Gasteiger partial charge on any atom is 0.160 e. The third kappa shape index (κ3) is 14.9. The van der Waals surface area contributed by atoms with Crippen LogP contribution < -0.4 is 0 Å². The van der Waals surface area contributed by atoms with E-state index in [9.17, 15) is 4.79 Å². The van der Waals surface area contributed by atoms with Gasteiger partial charge < -0.3 is 0 Å². The number of rotatable bonds is 15. The summed E-state index contributed by atoms with van der Waals surface area (Å²) in [6.07, 6.45) is 22.0. The Morgan fingerprint density at radius 3 is 1.93 bits per heavy atom. The van der Waals surface area contributed by atoms with E-state index >= 15 is 0 Å². The number of hydrogen-bond donors (Lipinski definition) is 0. The molecule has 0 spiro atoms. The average molecular weight is 411 g/mol. The van der Waals surface area contributed by atoms with E-state index in [1.807, 2.05) is 18.2 Å². The standard InChI is InChI=1S/C27H42OSi/c1-5-6-7-8-9-10-11-14-17-25-19-21-26(22-20-25)24-27(28)18-15-12-13-16-23-29(2,3)4/h12-13,15-16,18-23H,5-11,14,17,24H2,1-4H3/b13-12+,18-15+,23-16+. The first-order chi connectivity index (χ1) is 13.9. The molecule has 0 heterocycles. The Kier molecular flexibility index (Phi) is 13.3. The van der Waals surface area contributed by atoms with Gasteiger partial charge in [-0.15, -0.1) is 0 Å². The summed E-state index contributed by atoms with van der Waals surface area (Å²) in [5.74, 6) is 0.152. The van der Waals surface area contributed by atoms with Crippen LogP contribution in [-0.4, -0.2) is 13.9 Å². The summed E-state index contributed by atoms with van der Waals surface area (Å²) < 4.78 is 0. The van der Waals surface area contributed by atoms with Crippen LogP contribution in [-0.2, 0) is 17.6 Å². The van der Waals surface area contributed by atoms with Gasteiger partial charge in [-0.3, -0.25) is 4.79 Å². The number of hydrogen-bond acceptors (Lipinski definition) is 1. The van der Waals surface area contributed by atoms with Crippen LogP contribution in [0.15, 0.2) is 60.3 Å². The summed E-state index contributed by atoms with van der Waals surface area (Å²) in [5.41, 5.74) is 4.77. The maximum absolute atomic E-state index is 12.1. The number of aryl methyl sites for hydroxylation is 1. The van der Waals surface area contributed by atoms with Gasteiger partial charge in [0, 0.05) is 6.42 Å². The molecule has 0 radical (unpaired) electrons. The van der Waals surface area contributed by atoms with Gasteiger partial charge in [0.1, 0.15) is 0 Å². The molecule has 0 aliphatic rings. The molecule has 1 rings (SSSR count). The lowest BCUT2D eigenvalue weighted by Gasteiger charge is -2.06. The Morgan fingerprint density at radius 1 is 0.759 bits per heavy atom. The van der Waals surface area contributed by atoms with Gasteiger partial charge in [0.2, 0.25) is 0 Å². The molecule has 0 fully saturated rings. The van der Waals surface area contributed by atoms with Crippen LogP contribution in [0.1, 0.15) is 69.4 Å². The number of allylic oxidation sites excluding steroid dienone is 5. The molecule has 0 aliphatic heterocycles. The van der Waals surface area contributed by atoms with E-state index in [4.69, 9.17) is 0 Å². The van der Waals surface area contributed by atoms with Gasteiger partial charge in [-0.05, 0) is 30.0 Å². The van der Waals surface area contributed by atoms with Crippen LogP contribution >= 0.6 is 0 Å². The molecule has 160 valence electrons. The normalized spacial score (nSPS) is 12.6. The van der Waals surface area contributed by atoms with Crippen LogP contribution in [0.2, 0.25) is 19.6 Å². The quantitative estimate of drug-likeness (QED) is 0.124. The molecule has 2 heteroatoms. The molecule has 29 heavy (non-hydrogen) atoms. The van der Waals surface area contributed by atoms with Crippen molar-refractivity contribution in [2.24, 2.45) is 0 Å². The van der Waals surface area contributed by atoms with E-state index in [0.717, 1.165) is 12.0 Å². The molecule has 0 bridgehead atoms. The largest absolute Gasteiger partial charge is 0.294 e. The zero-order valence-electron chi connectivity index (χ0n) is 19.3. The Morgan fingerprint density at radius 2 is 1.31 bits per heavy atom. The fourth-order valence-corrected chi connectivity index (χ4v) is 3.87. The van der Waals surface area contributed by atoms with Gasteiger partial charge in [0.15, 0.2) is 5.78 Å². The molecule has 0 saturated heterocycles. The molecule has 0 aliphatic carbocycles. The first-order valence-corrected chi connectivity index (χ1v) is 15.1. The number of ketones is 1. The van der Waals surface area contributed by atoms with Gasteiger partial charge in [-0.25, -0.2) is 0 Å². The van der Waals surface area contributed by atoms with E-state index in [1.165, 1.54) is 56.9 Å². The number of carbonyl (C=O) groups excluding carboxylic acids is 1. The lowest BCUT2D eigenvalue weighted by Crippen LogP contribution is -2.14. The van der Waals surface area contributed by atoms with E-state index < -0.39 is 8.07 Å². The van der Waals surface area contributed by atoms with Crippen molar-refractivity contribution in [3.05, 3.63) is 71.5 Å². The van der Waals surface area contributed by atoms with Gasteiger partial charge in [0.05, 0.1) is 8.07 Å². The SMILES string of the molecule is CCCCCCCCCCc1ccc(CC(=O)/C=C/C=C/C=C/[Si](C)(C)C)cc1. The second-order valence-corrected chi connectivity index (χ2v) is 14.2. The molecular formula is C27H42OSi. The van der Waals surface area contributed by atoms with E-state index in [-0.39, 0.29) is 5.78 Å². The zero-order valence-corrected chi connectivity index (χ0v) is 20.3. The van der Waals surface area contributed by atoms with Crippen molar-refractivity contribution < 1.29 is 4.79 Å². The summed E-state index contributed by atoms with van der Waals surface area (Å²) in [4.78, 5) is 12.1. The molecule has 0 amide bonds. The van der Waals surface area contributed by atoms with Crippen LogP contribution in [0.4, 0.5) is 0 Å². The monoisotopic (exact) mass is 410 g/mol. The first kappa shape index (κ1) is 25.4. The first-order valence-electron chi connectivity index (χ1n) is 11.5. The van der Waals surface area contributed by atoms with Crippen LogP contribution in [0.5, 0.6) is 0 Å². The van der Waals surface area contributed by atoms with Crippen molar-refractivity contribution in [2.45, 2.75) is 90.8 Å². The van der Waals surface area contributed by atoms with Gasteiger partial charge >= 0.3 is 0 Å². The predicted molar refractivity (Wildman–Crippen MR) is 132 cm³/mol. The second kappa shape index (κ2) is 15.2. The number of carbonyl (C=O) groups is 1. The van der Waals surface area contributed by atoms with Crippen molar-refractivity contribution in [3.8, 4) is 0 Å². The second-order valence-electron chi connectivity index (χ2n) is 9.15. The highest BCUT2D eigenvalue weighted by molar-refractivity contribution is 6.80. The zero-order chi connectivity index (χ0) is 21.4. The smallest absolute Gasteiger partial charge is 0.160 e. The highest BCUT2D eigenvalue weighted by Gasteiger charge is 2.05. The van der Waals surface area contributed by atoms with Crippen molar-refractivity contribution >= 4 is 13.9 Å². The maximum atomic E-state index is 12.1. The molecule has 1 aromatic carbocycles. The highest BCUT2D eigenvalue weighted by Crippen LogP contribution is 2.12. The summed E-state index contributed by atoms with van der Waals surface area (Å²) in [7, 11) is -1.14. The Hall–Kier alpha value is -1.67. The number of unbranched alkanes of at least 4 members (excludes halogenated alkanes) is 7. The summed E-state index contributed by atoms with van der Waals surface area (Å²) in [6, 6.07) is 8.60. The topological polar surface area (TPSA) is 17.1 Å². The Balaban J connectivity index is 2.24. The summed E-state index contributed by atoms with van der Waals surface area (Å²) >= 11 is 0. The summed E-state index contributed by atoms with van der Waals surface area (Å²) in [5, 5.41) is 0. The molecular weight excluding hydrogens is 368 g/mol. The lowest BCUT2D eigenvalue weighted by molar-refractivity contribution is -0.114. The molecule has 0 saturated carbocycles. The number of benzene rings is 1. The third-order valence-electron chi connectivity index (χ3n) is 4.93. The average Bonchev–Trinajstić information content (AvgIpc) is 2.67. The van der Waals surface area contributed by atoms with E-state index in [1.54, 1.807) is 6.08 Å². The predicted octanol–water partition coefficient (Wildman–Crippen LogP) is 8.03. The van der Waals surface area contributed by atoms with Crippen LogP contribution in [0.25, 0.3) is 0 Å². The van der Waals surface area contributed by atoms with E-state index in [0.29, 0.717) is 6.42 Å². The fraction of sp³-hybridized carbons (Fsp3) is 0.519. The minimum absolute atomic E-state index is 0.152. The molecule has 1 aromatic rings. The van der Waals surface area contributed by atoms with Crippen molar-refractivity contribution in [1.82, 2.24) is 0 Å². The molecule has 0 atom stereocenters. The van der Waals surface area contributed by atoms with Crippen molar-refractivity contribution in [3.63, 3.8) is 0 Å². The molecule has 1 nitrogen and oxygen atoms in total. The van der Waals surface area contributed by atoms with Gasteiger partial charge in [-0.1, -0.05) is 126 Å². The van der Waals surface area contributed by atoms with Crippen molar-refractivity contribution in [2.75, 3.05) is 0 Å². The van der Waals surface area contributed by atoms with Crippen LogP contribution in [0.3, 0.4) is 0 Å². The van der Waals surface area contributed by atoms with Gasteiger partial charge in [-0.2, -0.15) is 0 Å². The van der Waals surface area contributed by atoms with E-state index in [2.05, 4.69) is 62.6 Å². The summed E-state index contributed by atoms with van der Waals surface area (Å²) in [6.45, 7) is 9.18. The lowest BCUT2D eigenvalue weighted by atomic mass is 10.0. The Labute approximate surface area is 181 Å². The molecule has 0 unspecified atom stereocenters. The minimum Gasteiger partial charge on any atom is -0.294 e. The highest BCUT2D eigenvalue weighted by atomic mass is 28.3. The fourth-order valence-electron chi connectivity index (χ4n) is 3.18. The van der Waals surface area contributed by atoms with Crippen molar-refractivity contribution in [1.29, 1.82) is 0 Å². The third-order valence-corrected chi connectivity index (χ3v) is 6.12. The Bertz CT molecular complexity index is 644. The van der Waals surface area contributed by atoms with Crippen LogP contribution in [0, 0.1) is 0 Å². The van der Waals surface area contributed by atoms with Gasteiger partial charge in [0.25, 0.3) is 0 Å².